The number of unbranched alkanes of at least 4 members (excludes halogenated alkanes) is 1. The van der Waals surface area contributed by atoms with Crippen LogP contribution < -0.4 is 0 Å². The number of nitrogens with zero attached hydrogens (tertiary/aromatic N) is 4. The fraction of sp³-hybridized carbons (Fsp3) is 0.600. The molecule has 2 rings (SSSR count). The zero-order valence-corrected chi connectivity index (χ0v) is 13.8. The summed E-state index contributed by atoms with van der Waals surface area (Å²) in [5, 5.41) is 11.2. The Morgan fingerprint density at radius 1 is 1.41 bits per heavy atom. The standard InChI is InChI=1S/C15H21ClN4O2/c1-3-4-7-12(19-8-5-6-9-19)10-13-14(20(21)22)15(16)18-11(2)17-13/h10H,3-9H2,1-2H3/b12-10-. The second-order valence-corrected chi connectivity index (χ2v) is 5.84. The first-order valence-corrected chi connectivity index (χ1v) is 8.04. The van der Waals surface area contributed by atoms with Gasteiger partial charge in [-0.25, -0.2) is 9.97 Å². The molecule has 0 amide bonds. The van der Waals surface area contributed by atoms with Crippen molar-refractivity contribution in [3.8, 4) is 0 Å². The monoisotopic (exact) mass is 324 g/mol. The van der Waals surface area contributed by atoms with Crippen molar-refractivity contribution in [2.45, 2.75) is 46.0 Å². The zero-order chi connectivity index (χ0) is 16.1. The molecule has 1 aliphatic rings. The predicted octanol–water partition coefficient (Wildman–Crippen LogP) is 3.97. The van der Waals surface area contributed by atoms with Crippen LogP contribution in [0.4, 0.5) is 5.69 Å². The fourth-order valence-corrected chi connectivity index (χ4v) is 2.95. The lowest BCUT2D eigenvalue weighted by Gasteiger charge is -2.21. The van der Waals surface area contributed by atoms with Crippen LogP contribution >= 0.6 is 11.6 Å². The fourth-order valence-electron chi connectivity index (χ4n) is 2.66. The van der Waals surface area contributed by atoms with E-state index >= 15 is 0 Å². The van der Waals surface area contributed by atoms with E-state index in [-0.39, 0.29) is 10.8 Å². The van der Waals surface area contributed by atoms with Crippen LogP contribution in [0, 0.1) is 17.0 Å². The highest BCUT2D eigenvalue weighted by atomic mass is 35.5. The maximum atomic E-state index is 11.3. The van der Waals surface area contributed by atoms with Gasteiger partial charge in [0.2, 0.25) is 5.15 Å². The molecule has 1 saturated heterocycles. The van der Waals surface area contributed by atoms with Crippen LogP contribution in [0.25, 0.3) is 6.08 Å². The van der Waals surface area contributed by atoms with E-state index in [0.29, 0.717) is 11.5 Å². The molecule has 0 saturated carbocycles. The van der Waals surface area contributed by atoms with Crippen LogP contribution in [0.2, 0.25) is 5.15 Å². The summed E-state index contributed by atoms with van der Waals surface area (Å²) in [5.74, 6) is 0.443. The van der Waals surface area contributed by atoms with Crippen molar-refractivity contribution >= 4 is 23.4 Å². The first-order chi connectivity index (χ1) is 10.5. The molecule has 7 heteroatoms. The minimum absolute atomic E-state index is 0.0972. The summed E-state index contributed by atoms with van der Waals surface area (Å²) < 4.78 is 0. The Balaban J connectivity index is 2.43. The first kappa shape index (κ1) is 16.7. The lowest BCUT2D eigenvalue weighted by molar-refractivity contribution is -0.385. The number of aromatic nitrogens is 2. The number of hydrogen-bond donors (Lipinski definition) is 0. The van der Waals surface area contributed by atoms with Gasteiger partial charge in [-0.2, -0.15) is 0 Å². The molecular formula is C15H21ClN4O2. The van der Waals surface area contributed by atoms with Crippen molar-refractivity contribution in [1.82, 2.24) is 14.9 Å². The first-order valence-electron chi connectivity index (χ1n) is 7.67. The van der Waals surface area contributed by atoms with Crippen LogP contribution in [0.1, 0.15) is 50.5 Å². The maximum Gasteiger partial charge on any atom is 0.331 e. The van der Waals surface area contributed by atoms with Gasteiger partial charge in [0, 0.05) is 18.8 Å². The molecule has 1 aromatic heterocycles. The molecule has 0 radical (unpaired) electrons. The van der Waals surface area contributed by atoms with Gasteiger partial charge in [0.05, 0.1) is 4.92 Å². The van der Waals surface area contributed by atoms with E-state index in [0.717, 1.165) is 50.9 Å². The van der Waals surface area contributed by atoms with E-state index in [2.05, 4.69) is 21.8 Å². The molecule has 1 aliphatic heterocycles. The molecule has 1 fully saturated rings. The van der Waals surface area contributed by atoms with Crippen molar-refractivity contribution in [2.24, 2.45) is 0 Å². The third-order valence-corrected chi connectivity index (χ3v) is 4.03. The van der Waals surface area contributed by atoms with Crippen LogP contribution in [-0.2, 0) is 0 Å². The lowest BCUT2D eigenvalue weighted by Crippen LogP contribution is -2.18. The van der Waals surface area contributed by atoms with Gasteiger partial charge < -0.3 is 4.90 Å². The summed E-state index contributed by atoms with van der Waals surface area (Å²) in [6, 6.07) is 0. The van der Waals surface area contributed by atoms with Crippen molar-refractivity contribution in [3.63, 3.8) is 0 Å². The summed E-state index contributed by atoms with van der Waals surface area (Å²) in [6.45, 7) is 5.83. The quantitative estimate of drug-likeness (QED) is 0.449. The molecule has 0 atom stereocenters. The van der Waals surface area contributed by atoms with E-state index < -0.39 is 4.92 Å². The number of allylic oxidation sites excluding steroid dienone is 1. The average Bonchev–Trinajstić information content (AvgIpc) is 2.96. The van der Waals surface area contributed by atoms with Crippen molar-refractivity contribution in [1.29, 1.82) is 0 Å². The minimum atomic E-state index is -0.505. The molecule has 2 heterocycles. The highest BCUT2D eigenvalue weighted by Gasteiger charge is 2.23. The number of halogens is 1. The molecule has 0 aliphatic carbocycles. The average molecular weight is 325 g/mol. The number of rotatable bonds is 6. The molecular weight excluding hydrogens is 304 g/mol. The summed E-state index contributed by atoms with van der Waals surface area (Å²) in [5.41, 5.74) is 1.21. The molecule has 120 valence electrons. The van der Waals surface area contributed by atoms with Crippen molar-refractivity contribution in [2.75, 3.05) is 13.1 Å². The smallest absolute Gasteiger partial charge is 0.331 e. The van der Waals surface area contributed by atoms with E-state index in [1.165, 1.54) is 0 Å². The molecule has 22 heavy (non-hydrogen) atoms. The van der Waals surface area contributed by atoms with Gasteiger partial charge in [-0.05, 0) is 38.7 Å². The molecule has 6 nitrogen and oxygen atoms in total. The largest absolute Gasteiger partial charge is 0.375 e. The van der Waals surface area contributed by atoms with Gasteiger partial charge in [-0.15, -0.1) is 0 Å². The van der Waals surface area contributed by atoms with Crippen LogP contribution in [0.3, 0.4) is 0 Å². The Labute approximate surface area is 135 Å². The summed E-state index contributed by atoms with van der Waals surface area (Å²) in [4.78, 5) is 21.2. The Bertz CT molecular complexity index is 583. The normalized spacial score (nSPS) is 15.4. The molecule has 0 bridgehead atoms. The van der Waals surface area contributed by atoms with Gasteiger partial charge in [0.1, 0.15) is 11.5 Å². The predicted molar refractivity (Wildman–Crippen MR) is 86.7 cm³/mol. The summed E-state index contributed by atoms with van der Waals surface area (Å²) in [7, 11) is 0. The SMILES string of the molecule is CCCC/C(=C/c1nc(C)nc(Cl)c1[N+](=O)[O-])N1CCCC1. The second-order valence-electron chi connectivity index (χ2n) is 5.49. The van der Waals surface area contributed by atoms with Gasteiger partial charge in [-0.1, -0.05) is 24.9 Å². The molecule has 0 unspecified atom stereocenters. The van der Waals surface area contributed by atoms with E-state index in [9.17, 15) is 10.1 Å². The van der Waals surface area contributed by atoms with Crippen molar-refractivity contribution < 1.29 is 4.92 Å². The molecule has 0 spiro atoms. The Morgan fingerprint density at radius 3 is 2.68 bits per heavy atom. The van der Waals surface area contributed by atoms with Crippen LogP contribution in [-0.4, -0.2) is 32.9 Å². The summed E-state index contributed by atoms with van der Waals surface area (Å²) >= 11 is 5.94. The lowest BCUT2D eigenvalue weighted by atomic mass is 10.1. The number of nitro groups is 1. The van der Waals surface area contributed by atoms with Gasteiger partial charge in [0.15, 0.2) is 0 Å². The third-order valence-electron chi connectivity index (χ3n) is 3.76. The van der Waals surface area contributed by atoms with Crippen LogP contribution in [0.5, 0.6) is 0 Å². The Hall–Kier alpha value is -1.69. The third kappa shape index (κ3) is 3.94. The van der Waals surface area contributed by atoms with Gasteiger partial charge >= 0.3 is 5.69 Å². The van der Waals surface area contributed by atoms with E-state index in [4.69, 9.17) is 11.6 Å². The zero-order valence-electron chi connectivity index (χ0n) is 13.0. The van der Waals surface area contributed by atoms with Crippen LogP contribution in [0.15, 0.2) is 5.70 Å². The number of aryl methyl sites for hydroxylation is 1. The van der Waals surface area contributed by atoms with Gasteiger partial charge in [-0.3, -0.25) is 10.1 Å². The van der Waals surface area contributed by atoms with Crippen molar-refractivity contribution in [3.05, 3.63) is 32.5 Å². The van der Waals surface area contributed by atoms with E-state index in [1.807, 2.05) is 6.08 Å². The topological polar surface area (TPSA) is 72.2 Å². The molecule has 1 aromatic rings. The Kier molecular flexibility index (Phi) is 5.71. The highest BCUT2D eigenvalue weighted by molar-refractivity contribution is 6.31. The minimum Gasteiger partial charge on any atom is -0.375 e. The highest BCUT2D eigenvalue weighted by Crippen LogP contribution is 2.29. The van der Waals surface area contributed by atoms with Gasteiger partial charge in [0.25, 0.3) is 0 Å². The van der Waals surface area contributed by atoms with E-state index in [1.54, 1.807) is 6.92 Å². The molecule has 0 aromatic carbocycles. The molecule has 0 N–H and O–H groups in total. The number of likely N-dealkylation sites (tertiary alicyclic amines) is 1. The second kappa shape index (κ2) is 7.54. The number of hydrogen-bond acceptors (Lipinski definition) is 5. The summed E-state index contributed by atoms with van der Waals surface area (Å²) in [6.07, 6.45) is 7.17. The Morgan fingerprint density at radius 2 is 2.09 bits per heavy atom. The maximum absolute atomic E-state index is 11.3.